The Hall–Kier alpha value is -3.60. The molecule has 0 spiro atoms. The van der Waals surface area contributed by atoms with E-state index in [0.29, 0.717) is 17.0 Å². The standard InChI is InChI=1S/C24H31N3O8/c1-14-19(22(29)25-13-18(28)35-24(3,4)5)21(16-8-7-9-17(12-16)27(31)32)20(15(2)26-14)23(30)34-11-10-33-6/h7-9,12,20-21H,10-11,13H2,1-6H3,(H,25,29). The first-order valence-electron chi connectivity index (χ1n) is 11.0. The molecule has 2 rings (SSSR count). The van der Waals surface area contributed by atoms with Gasteiger partial charge >= 0.3 is 11.9 Å². The molecule has 2 atom stereocenters. The maximum absolute atomic E-state index is 13.3. The second-order valence-electron chi connectivity index (χ2n) is 8.99. The van der Waals surface area contributed by atoms with Crippen LogP contribution in [0.25, 0.3) is 0 Å². The van der Waals surface area contributed by atoms with E-state index in [1.54, 1.807) is 40.7 Å². The van der Waals surface area contributed by atoms with Gasteiger partial charge in [-0.2, -0.15) is 0 Å². The Labute approximate surface area is 203 Å². The Balaban J connectivity index is 2.48. The van der Waals surface area contributed by atoms with E-state index in [2.05, 4.69) is 10.3 Å². The van der Waals surface area contributed by atoms with Crippen LogP contribution < -0.4 is 5.32 Å². The summed E-state index contributed by atoms with van der Waals surface area (Å²) in [7, 11) is 1.46. The van der Waals surface area contributed by atoms with Crippen molar-refractivity contribution in [1.82, 2.24) is 5.32 Å². The third kappa shape index (κ3) is 7.44. The summed E-state index contributed by atoms with van der Waals surface area (Å²) >= 11 is 0. The van der Waals surface area contributed by atoms with Gasteiger partial charge in [-0.25, -0.2) is 0 Å². The van der Waals surface area contributed by atoms with Crippen molar-refractivity contribution >= 4 is 29.2 Å². The number of nitrogens with zero attached hydrogens (tertiary/aromatic N) is 2. The topological polar surface area (TPSA) is 146 Å². The second kappa shape index (κ2) is 11.7. The molecule has 11 nitrogen and oxygen atoms in total. The number of carbonyl (C=O) groups excluding carboxylic acids is 3. The number of methoxy groups -OCH3 is 1. The minimum Gasteiger partial charge on any atom is -0.463 e. The quantitative estimate of drug-likeness (QED) is 0.241. The average molecular weight is 490 g/mol. The van der Waals surface area contributed by atoms with Crippen LogP contribution in [-0.4, -0.2) is 61.0 Å². The summed E-state index contributed by atoms with van der Waals surface area (Å²) in [6, 6.07) is 5.71. The number of nitrogens with one attached hydrogen (secondary N) is 1. The molecule has 0 bridgehead atoms. The van der Waals surface area contributed by atoms with Gasteiger partial charge in [0.1, 0.15) is 24.7 Å². The van der Waals surface area contributed by atoms with Gasteiger partial charge in [-0.15, -0.1) is 0 Å². The van der Waals surface area contributed by atoms with E-state index in [9.17, 15) is 24.5 Å². The van der Waals surface area contributed by atoms with Gasteiger partial charge in [0.2, 0.25) is 5.91 Å². The van der Waals surface area contributed by atoms with Crippen molar-refractivity contribution in [2.45, 2.75) is 46.1 Å². The first kappa shape index (κ1) is 27.6. The maximum atomic E-state index is 13.3. The van der Waals surface area contributed by atoms with Crippen molar-refractivity contribution in [2.24, 2.45) is 10.9 Å². The molecule has 1 aliphatic rings. The Morgan fingerprint density at radius 3 is 2.46 bits per heavy atom. The van der Waals surface area contributed by atoms with Crippen molar-refractivity contribution < 1.29 is 33.5 Å². The summed E-state index contributed by atoms with van der Waals surface area (Å²) in [6.45, 7) is 8.11. The van der Waals surface area contributed by atoms with Gasteiger partial charge in [0.05, 0.1) is 11.5 Å². The van der Waals surface area contributed by atoms with Crippen LogP contribution in [0.1, 0.15) is 46.1 Å². The first-order chi connectivity index (χ1) is 16.4. The number of carbonyl (C=O) groups is 3. The van der Waals surface area contributed by atoms with Crippen LogP contribution in [0.15, 0.2) is 40.5 Å². The van der Waals surface area contributed by atoms with E-state index in [4.69, 9.17) is 14.2 Å². The lowest BCUT2D eigenvalue weighted by Crippen LogP contribution is -2.41. The fourth-order valence-electron chi connectivity index (χ4n) is 3.77. The zero-order valence-electron chi connectivity index (χ0n) is 20.7. The molecule has 1 amide bonds. The largest absolute Gasteiger partial charge is 0.463 e. The molecular weight excluding hydrogens is 458 g/mol. The number of ether oxygens (including phenoxy) is 3. The van der Waals surface area contributed by atoms with Crippen molar-refractivity contribution in [3.05, 3.63) is 51.2 Å². The van der Waals surface area contributed by atoms with E-state index in [1.165, 1.54) is 25.3 Å². The van der Waals surface area contributed by atoms with Gasteiger partial charge in [-0.05, 0) is 40.2 Å². The Bertz CT molecular complexity index is 1060. The zero-order valence-corrected chi connectivity index (χ0v) is 20.7. The summed E-state index contributed by atoms with van der Waals surface area (Å²) in [4.78, 5) is 53.7. The van der Waals surface area contributed by atoms with E-state index < -0.39 is 46.8 Å². The van der Waals surface area contributed by atoms with Crippen molar-refractivity contribution in [2.75, 3.05) is 26.9 Å². The minimum atomic E-state index is -1.01. The molecule has 0 aromatic heterocycles. The Morgan fingerprint density at radius 1 is 1.17 bits per heavy atom. The van der Waals surface area contributed by atoms with E-state index in [0.717, 1.165) is 0 Å². The highest BCUT2D eigenvalue weighted by molar-refractivity contribution is 6.08. The van der Waals surface area contributed by atoms with Crippen LogP contribution >= 0.6 is 0 Å². The first-order valence-corrected chi connectivity index (χ1v) is 11.0. The Morgan fingerprint density at radius 2 is 1.86 bits per heavy atom. The average Bonchev–Trinajstić information content (AvgIpc) is 2.76. The molecule has 0 radical (unpaired) electrons. The number of aliphatic imine (C=N–C) groups is 1. The predicted molar refractivity (Wildman–Crippen MR) is 127 cm³/mol. The number of nitro groups is 1. The minimum absolute atomic E-state index is 0.0103. The monoisotopic (exact) mass is 489 g/mol. The number of amides is 1. The number of hydrogen-bond donors (Lipinski definition) is 1. The van der Waals surface area contributed by atoms with Crippen molar-refractivity contribution in [3.8, 4) is 0 Å². The van der Waals surface area contributed by atoms with Crippen molar-refractivity contribution in [3.63, 3.8) is 0 Å². The summed E-state index contributed by atoms with van der Waals surface area (Å²) in [5, 5.41) is 13.9. The molecular formula is C24H31N3O8. The Kier molecular flexibility index (Phi) is 9.24. The number of esters is 2. The number of nitro benzene ring substituents is 1. The van der Waals surface area contributed by atoms with Crippen LogP contribution in [0.5, 0.6) is 0 Å². The molecule has 1 aromatic carbocycles. The van der Waals surface area contributed by atoms with E-state index in [1.807, 2.05) is 0 Å². The van der Waals surface area contributed by atoms with Crippen LogP contribution in [0.4, 0.5) is 5.69 Å². The molecule has 0 saturated heterocycles. The number of hydrogen-bond acceptors (Lipinski definition) is 9. The number of allylic oxidation sites excluding steroid dienone is 1. The third-order valence-electron chi connectivity index (χ3n) is 5.11. The van der Waals surface area contributed by atoms with Gasteiger partial charge in [0.25, 0.3) is 5.69 Å². The molecule has 1 N–H and O–H groups in total. The molecule has 0 aliphatic carbocycles. The van der Waals surface area contributed by atoms with Gasteiger partial charge in [-0.3, -0.25) is 29.5 Å². The molecule has 1 heterocycles. The SMILES string of the molecule is COCCOC(=O)C1C(C)=NC(C)=C(C(=O)NCC(=O)OC(C)(C)C)C1c1cccc([N+](=O)[O-])c1. The number of non-ortho nitro benzene ring substituents is 1. The molecule has 1 aromatic rings. The fraction of sp³-hybridized carbons (Fsp3) is 0.500. The zero-order chi connectivity index (χ0) is 26.3. The van der Waals surface area contributed by atoms with Crippen LogP contribution in [0.2, 0.25) is 0 Å². The van der Waals surface area contributed by atoms with Gasteiger partial charge in [0, 0.05) is 42.1 Å². The van der Waals surface area contributed by atoms with Gasteiger partial charge in [-0.1, -0.05) is 12.1 Å². The van der Waals surface area contributed by atoms with Crippen molar-refractivity contribution in [1.29, 1.82) is 0 Å². The number of benzene rings is 1. The molecule has 190 valence electrons. The highest BCUT2D eigenvalue weighted by Gasteiger charge is 2.42. The highest BCUT2D eigenvalue weighted by atomic mass is 16.6. The number of rotatable bonds is 9. The summed E-state index contributed by atoms with van der Waals surface area (Å²) < 4.78 is 15.5. The maximum Gasteiger partial charge on any atom is 0.325 e. The molecule has 0 saturated carbocycles. The van der Waals surface area contributed by atoms with Crippen LogP contribution in [-0.2, 0) is 28.6 Å². The molecule has 2 unspecified atom stereocenters. The van der Waals surface area contributed by atoms with E-state index in [-0.39, 0.29) is 24.5 Å². The molecule has 0 fully saturated rings. The van der Waals surface area contributed by atoms with E-state index >= 15 is 0 Å². The molecule has 11 heteroatoms. The lowest BCUT2D eigenvalue weighted by molar-refractivity contribution is -0.384. The molecule has 1 aliphatic heterocycles. The smallest absolute Gasteiger partial charge is 0.325 e. The third-order valence-corrected chi connectivity index (χ3v) is 5.11. The van der Waals surface area contributed by atoms with Crippen LogP contribution in [0.3, 0.4) is 0 Å². The summed E-state index contributed by atoms with van der Waals surface area (Å²) in [5.74, 6) is -3.87. The lowest BCUT2D eigenvalue weighted by Gasteiger charge is -2.32. The van der Waals surface area contributed by atoms with Crippen LogP contribution in [0, 0.1) is 16.0 Å². The van der Waals surface area contributed by atoms with Gasteiger partial charge < -0.3 is 19.5 Å². The predicted octanol–water partition coefficient (Wildman–Crippen LogP) is 2.69. The van der Waals surface area contributed by atoms with Gasteiger partial charge in [0.15, 0.2) is 0 Å². The normalized spacial score (nSPS) is 17.9. The fourth-order valence-corrected chi connectivity index (χ4v) is 3.77. The lowest BCUT2D eigenvalue weighted by atomic mass is 9.75. The second-order valence-corrected chi connectivity index (χ2v) is 8.99. The summed E-state index contributed by atoms with van der Waals surface area (Å²) in [5.41, 5.74) is 0.260. The summed E-state index contributed by atoms with van der Waals surface area (Å²) in [6.07, 6.45) is 0. The molecule has 35 heavy (non-hydrogen) atoms. The highest BCUT2D eigenvalue weighted by Crippen LogP contribution is 2.40.